The molecule has 1 amide bonds. The number of hydrogen-bond donors (Lipinski definition) is 2. The van der Waals surface area contributed by atoms with E-state index in [1.165, 1.54) is 12.1 Å². The standard InChI is InChI=1S/C14H19FN2O2/c1-10-8-16-14(19)13(5-6-18)17(9-10)12-4-2-3-11(15)7-12/h2-4,7,10,13,18H,5-6,8-9H2,1H3,(H,16,19). The van der Waals surface area contributed by atoms with E-state index in [1.54, 1.807) is 12.1 Å². The van der Waals surface area contributed by atoms with Crippen molar-refractivity contribution in [3.63, 3.8) is 0 Å². The minimum atomic E-state index is -0.447. The molecule has 2 rings (SSSR count). The number of amides is 1. The number of nitrogens with zero attached hydrogens (tertiary/aromatic N) is 1. The van der Waals surface area contributed by atoms with Crippen LogP contribution >= 0.6 is 0 Å². The first-order chi connectivity index (χ1) is 9.11. The molecule has 2 atom stereocenters. The fourth-order valence-corrected chi connectivity index (χ4v) is 2.41. The van der Waals surface area contributed by atoms with Gasteiger partial charge in [0.25, 0.3) is 0 Å². The van der Waals surface area contributed by atoms with E-state index in [0.717, 1.165) is 0 Å². The number of carbonyl (C=O) groups is 1. The fraction of sp³-hybridized carbons (Fsp3) is 0.500. The van der Waals surface area contributed by atoms with Crippen LogP contribution in [0.4, 0.5) is 10.1 Å². The molecule has 2 unspecified atom stereocenters. The molecule has 1 aliphatic rings. The average molecular weight is 266 g/mol. The second kappa shape index (κ2) is 6.02. The summed E-state index contributed by atoms with van der Waals surface area (Å²) in [6, 6.07) is 5.78. The third-order valence-electron chi connectivity index (χ3n) is 3.35. The SMILES string of the molecule is CC1CNC(=O)C(CCO)N(c2cccc(F)c2)C1. The maximum absolute atomic E-state index is 13.4. The minimum Gasteiger partial charge on any atom is -0.396 e. The number of benzene rings is 1. The van der Waals surface area contributed by atoms with E-state index >= 15 is 0 Å². The molecule has 0 saturated carbocycles. The van der Waals surface area contributed by atoms with Crippen LogP contribution < -0.4 is 10.2 Å². The van der Waals surface area contributed by atoms with Crippen LogP contribution in [0, 0.1) is 11.7 Å². The molecule has 104 valence electrons. The summed E-state index contributed by atoms with van der Waals surface area (Å²) in [5.74, 6) is -0.156. The van der Waals surface area contributed by atoms with Crippen LogP contribution in [0.15, 0.2) is 24.3 Å². The van der Waals surface area contributed by atoms with Crippen molar-refractivity contribution in [2.75, 3.05) is 24.6 Å². The van der Waals surface area contributed by atoms with Gasteiger partial charge in [0.1, 0.15) is 11.9 Å². The van der Waals surface area contributed by atoms with Gasteiger partial charge in [0.05, 0.1) is 0 Å². The molecule has 5 heteroatoms. The Morgan fingerprint density at radius 3 is 3.00 bits per heavy atom. The summed E-state index contributed by atoms with van der Waals surface area (Å²) in [6.07, 6.45) is 0.342. The van der Waals surface area contributed by atoms with Gasteiger partial charge in [0.2, 0.25) is 5.91 Å². The number of aliphatic hydroxyl groups excluding tert-OH is 1. The van der Waals surface area contributed by atoms with Crippen LogP contribution in [0.3, 0.4) is 0 Å². The van der Waals surface area contributed by atoms with E-state index in [-0.39, 0.29) is 24.2 Å². The highest BCUT2D eigenvalue weighted by atomic mass is 19.1. The number of hydrogen-bond acceptors (Lipinski definition) is 3. The summed E-state index contributed by atoms with van der Waals surface area (Å²) in [4.78, 5) is 13.9. The van der Waals surface area contributed by atoms with Crippen molar-refractivity contribution in [2.24, 2.45) is 5.92 Å². The Bertz CT molecular complexity index is 453. The van der Waals surface area contributed by atoms with Crippen molar-refractivity contribution in [3.8, 4) is 0 Å². The number of anilines is 1. The zero-order chi connectivity index (χ0) is 13.8. The second-order valence-corrected chi connectivity index (χ2v) is 5.01. The van der Waals surface area contributed by atoms with Gasteiger partial charge in [-0.15, -0.1) is 0 Å². The Hall–Kier alpha value is -1.62. The van der Waals surface area contributed by atoms with Gasteiger partial charge >= 0.3 is 0 Å². The molecule has 0 bridgehead atoms. The molecule has 1 aromatic rings. The smallest absolute Gasteiger partial charge is 0.242 e. The molecule has 0 spiro atoms. The van der Waals surface area contributed by atoms with Gasteiger partial charge in [0.15, 0.2) is 0 Å². The van der Waals surface area contributed by atoms with E-state index in [0.29, 0.717) is 25.2 Å². The molecule has 4 nitrogen and oxygen atoms in total. The normalized spacial score (nSPS) is 23.9. The molecule has 0 radical (unpaired) electrons. The highest BCUT2D eigenvalue weighted by Crippen LogP contribution is 2.23. The Labute approximate surface area is 112 Å². The maximum atomic E-state index is 13.4. The average Bonchev–Trinajstić information content (AvgIpc) is 2.52. The number of nitrogens with one attached hydrogen (secondary N) is 1. The molecule has 0 aromatic heterocycles. The van der Waals surface area contributed by atoms with Crippen LogP contribution in [0.25, 0.3) is 0 Å². The lowest BCUT2D eigenvalue weighted by Gasteiger charge is -2.31. The van der Waals surface area contributed by atoms with Gasteiger partial charge in [-0.25, -0.2) is 4.39 Å². The van der Waals surface area contributed by atoms with Crippen molar-refractivity contribution in [1.82, 2.24) is 5.32 Å². The topological polar surface area (TPSA) is 52.6 Å². The van der Waals surface area contributed by atoms with Gasteiger partial charge in [-0.05, 0) is 30.5 Å². The fourth-order valence-electron chi connectivity index (χ4n) is 2.41. The zero-order valence-corrected chi connectivity index (χ0v) is 11.0. The summed E-state index contributed by atoms with van der Waals surface area (Å²) >= 11 is 0. The first-order valence-corrected chi connectivity index (χ1v) is 6.52. The largest absolute Gasteiger partial charge is 0.396 e. The highest BCUT2D eigenvalue weighted by Gasteiger charge is 2.30. The van der Waals surface area contributed by atoms with Crippen LogP contribution in [-0.4, -0.2) is 36.8 Å². The predicted molar refractivity (Wildman–Crippen MR) is 71.4 cm³/mol. The summed E-state index contributed by atoms with van der Waals surface area (Å²) in [7, 11) is 0. The summed E-state index contributed by atoms with van der Waals surface area (Å²) < 4.78 is 13.4. The summed E-state index contributed by atoms with van der Waals surface area (Å²) in [5.41, 5.74) is 0.683. The number of aliphatic hydroxyl groups is 1. The molecule has 1 aliphatic heterocycles. The molecular formula is C14H19FN2O2. The molecule has 1 saturated heterocycles. The molecule has 0 aliphatic carbocycles. The van der Waals surface area contributed by atoms with Crippen LogP contribution in [0.2, 0.25) is 0 Å². The zero-order valence-electron chi connectivity index (χ0n) is 11.0. The third-order valence-corrected chi connectivity index (χ3v) is 3.35. The maximum Gasteiger partial charge on any atom is 0.242 e. The van der Waals surface area contributed by atoms with E-state index in [2.05, 4.69) is 5.32 Å². The predicted octanol–water partition coefficient (Wildman–Crippen LogP) is 1.15. The Morgan fingerprint density at radius 2 is 2.32 bits per heavy atom. The minimum absolute atomic E-state index is 0.0711. The van der Waals surface area contributed by atoms with E-state index in [9.17, 15) is 9.18 Å². The van der Waals surface area contributed by atoms with Gasteiger partial charge in [0, 0.05) is 25.4 Å². The van der Waals surface area contributed by atoms with E-state index < -0.39 is 6.04 Å². The Kier molecular flexibility index (Phi) is 4.37. The lowest BCUT2D eigenvalue weighted by atomic mass is 10.1. The van der Waals surface area contributed by atoms with Gasteiger partial charge in [-0.1, -0.05) is 13.0 Å². The Morgan fingerprint density at radius 1 is 1.53 bits per heavy atom. The van der Waals surface area contributed by atoms with Crippen molar-refractivity contribution < 1.29 is 14.3 Å². The van der Waals surface area contributed by atoms with E-state index in [4.69, 9.17) is 5.11 Å². The van der Waals surface area contributed by atoms with Crippen LogP contribution in [0.1, 0.15) is 13.3 Å². The second-order valence-electron chi connectivity index (χ2n) is 5.01. The number of rotatable bonds is 3. The van der Waals surface area contributed by atoms with Crippen LogP contribution in [0.5, 0.6) is 0 Å². The van der Waals surface area contributed by atoms with Crippen molar-refractivity contribution in [3.05, 3.63) is 30.1 Å². The highest BCUT2D eigenvalue weighted by molar-refractivity contribution is 5.85. The molecule has 1 fully saturated rings. The van der Waals surface area contributed by atoms with Crippen LogP contribution in [-0.2, 0) is 4.79 Å². The monoisotopic (exact) mass is 266 g/mol. The molecule has 2 N–H and O–H groups in total. The number of halogens is 1. The van der Waals surface area contributed by atoms with Gasteiger partial charge in [-0.2, -0.15) is 0 Å². The van der Waals surface area contributed by atoms with E-state index in [1.807, 2.05) is 11.8 Å². The summed E-state index contributed by atoms with van der Waals surface area (Å²) in [5, 5.41) is 12.0. The molecule has 19 heavy (non-hydrogen) atoms. The lowest BCUT2D eigenvalue weighted by Crippen LogP contribution is -2.45. The molecular weight excluding hydrogens is 247 g/mol. The molecule has 1 aromatic carbocycles. The van der Waals surface area contributed by atoms with Gasteiger partial charge in [-0.3, -0.25) is 4.79 Å². The first kappa shape index (κ1) is 13.8. The Balaban J connectivity index is 2.32. The van der Waals surface area contributed by atoms with Crippen molar-refractivity contribution >= 4 is 11.6 Å². The van der Waals surface area contributed by atoms with Crippen molar-refractivity contribution in [1.29, 1.82) is 0 Å². The quantitative estimate of drug-likeness (QED) is 0.863. The summed E-state index contributed by atoms with van der Waals surface area (Å²) in [6.45, 7) is 3.23. The lowest BCUT2D eigenvalue weighted by molar-refractivity contribution is -0.122. The van der Waals surface area contributed by atoms with Crippen molar-refractivity contribution in [2.45, 2.75) is 19.4 Å². The number of carbonyl (C=O) groups excluding carboxylic acids is 1. The van der Waals surface area contributed by atoms with Gasteiger partial charge < -0.3 is 15.3 Å². The molecule has 1 heterocycles. The third kappa shape index (κ3) is 3.23. The first-order valence-electron chi connectivity index (χ1n) is 6.52.